The molecule has 2 aromatic rings. The van der Waals surface area contributed by atoms with Gasteiger partial charge in [-0.15, -0.1) is 0 Å². The van der Waals surface area contributed by atoms with E-state index in [9.17, 15) is 9.90 Å². The van der Waals surface area contributed by atoms with Crippen molar-refractivity contribution in [3.8, 4) is 5.75 Å². The molecule has 2 aromatic carbocycles. The lowest BCUT2D eigenvalue weighted by Crippen LogP contribution is -2.22. The summed E-state index contributed by atoms with van der Waals surface area (Å²) in [5.74, 6) is -0.157. The lowest BCUT2D eigenvalue weighted by Gasteiger charge is -2.13. The molecule has 0 unspecified atom stereocenters. The summed E-state index contributed by atoms with van der Waals surface area (Å²) in [6.45, 7) is 1.88. The summed E-state index contributed by atoms with van der Waals surface area (Å²) in [7, 11) is 0. The highest BCUT2D eigenvalue weighted by Crippen LogP contribution is 2.22. The third-order valence-electron chi connectivity index (χ3n) is 2.99. The zero-order chi connectivity index (χ0) is 13.7. The van der Waals surface area contributed by atoms with E-state index in [1.807, 2.05) is 37.3 Å². The molecule has 0 aliphatic heterocycles. The number of anilines is 1. The Kier molecular flexibility index (Phi) is 4.18. The van der Waals surface area contributed by atoms with E-state index in [-0.39, 0.29) is 17.6 Å². The minimum Gasteiger partial charge on any atom is -0.506 e. The number of para-hydroxylation sites is 2. The summed E-state index contributed by atoms with van der Waals surface area (Å²) in [4.78, 5) is 12.0. The lowest BCUT2D eigenvalue weighted by molar-refractivity contribution is -0.119. The van der Waals surface area contributed by atoms with E-state index < -0.39 is 0 Å². The summed E-state index contributed by atoms with van der Waals surface area (Å²) >= 11 is 0. The van der Waals surface area contributed by atoms with Crippen molar-refractivity contribution in [2.75, 3.05) is 5.32 Å². The molecule has 0 radical (unpaired) electrons. The maximum Gasteiger partial charge on any atom is 0.227 e. The van der Waals surface area contributed by atoms with Gasteiger partial charge in [0.2, 0.25) is 5.91 Å². The van der Waals surface area contributed by atoms with Gasteiger partial charge in [-0.2, -0.15) is 0 Å². The van der Waals surface area contributed by atoms with Gasteiger partial charge in [-0.25, -0.2) is 0 Å². The maximum atomic E-state index is 12.0. The number of nitrogens with one attached hydrogen (secondary N) is 1. The highest BCUT2D eigenvalue weighted by molar-refractivity contribution is 5.93. The van der Waals surface area contributed by atoms with Crippen LogP contribution >= 0.6 is 0 Å². The average molecular weight is 255 g/mol. The van der Waals surface area contributed by atoms with Gasteiger partial charge in [0.15, 0.2) is 0 Å². The van der Waals surface area contributed by atoms with Crippen molar-refractivity contribution in [1.82, 2.24) is 0 Å². The van der Waals surface area contributed by atoms with Crippen LogP contribution in [0.1, 0.15) is 12.5 Å². The maximum absolute atomic E-state index is 12.0. The second kappa shape index (κ2) is 6.05. The lowest BCUT2D eigenvalue weighted by atomic mass is 10.0. The van der Waals surface area contributed by atoms with Gasteiger partial charge >= 0.3 is 0 Å². The molecular weight excluding hydrogens is 238 g/mol. The van der Waals surface area contributed by atoms with E-state index in [2.05, 4.69) is 5.32 Å². The van der Waals surface area contributed by atoms with E-state index in [0.717, 1.165) is 5.56 Å². The molecule has 3 nitrogen and oxygen atoms in total. The van der Waals surface area contributed by atoms with Crippen LogP contribution in [0.5, 0.6) is 5.75 Å². The largest absolute Gasteiger partial charge is 0.506 e. The molecule has 0 heterocycles. The van der Waals surface area contributed by atoms with Crippen LogP contribution in [0, 0.1) is 5.92 Å². The van der Waals surface area contributed by atoms with Crippen molar-refractivity contribution in [1.29, 1.82) is 0 Å². The molecule has 0 aliphatic rings. The summed E-state index contributed by atoms with van der Waals surface area (Å²) in [6.07, 6.45) is 0.681. The second-order valence-corrected chi connectivity index (χ2v) is 4.60. The van der Waals surface area contributed by atoms with Crippen LogP contribution in [0.2, 0.25) is 0 Å². The molecule has 1 amide bonds. The summed E-state index contributed by atoms with van der Waals surface area (Å²) < 4.78 is 0. The van der Waals surface area contributed by atoms with Gasteiger partial charge < -0.3 is 10.4 Å². The number of amides is 1. The monoisotopic (exact) mass is 255 g/mol. The number of phenolic OH excluding ortho intramolecular Hbond substituents is 1. The molecule has 0 fully saturated rings. The molecule has 98 valence electrons. The zero-order valence-corrected chi connectivity index (χ0v) is 10.8. The van der Waals surface area contributed by atoms with E-state index in [4.69, 9.17) is 0 Å². The second-order valence-electron chi connectivity index (χ2n) is 4.60. The Hall–Kier alpha value is -2.29. The van der Waals surface area contributed by atoms with Crippen molar-refractivity contribution in [2.45, 2.75) is 13.3 Å². The molecular formula is C16H17NO2. The molecule has 0 saturated heterocycles. The molecule has 2 N–H and O–H groups in total. The number of phenols is 1. The minimum atomic E-state index is -0.151. The smallest absolute Gasteiger partial charge is 0.227 e. The number of carbonyl (C=O) groups excluding carboxylic acids is 1. The topological polar surface area (TPSA) is 49.3 Å². The normalized spacial score (nSPS) is 11.8. The van der Waals surface area contributed by atoms with E-state index in [1.54, 1.807) is 24.3 Å². The minimum absolute atomic E-state index is 0.0859. The third kappa shape index (κ3) is 3.58. The van der Waals surface area contributed by atoms with Gasteiger partial charge in [0.05, 0.1) is 5.69 Å². The number of hydrogen-bond acceptors (Lipinski definition) is 2. The molecule has 1 atom stereocenters. The Morgan fingerprint density at radius 2 is 1.74 bits per heavy atom. The van der Waals surface area contributed by atoms with Crippen molar-refractivity contribution in [3.05, 3.63) is 60.2 Å². The molecule has 19 heavy (non-hydrogen) atoms. The van der Waals surface area contributed by atoms with Crippen molar-refractivity contribution >= 4 is 11.6 Å². The van der Waals surface area contributed by atoms with E-state index in [0.29, 0.717) is 12.1 Å². The van der Waals surface area contributed by atoms with Gasteiger partial charge in [0, 0.05) is 5.92 Å². The van der Waals surface area contributed by atoms with Crippen molar-refractivity contribution < 1.29 is 9.90 Å². The zero-order valence-electron chi connectivity index (χ0n) is 10.8. The number of rotatable bonds is 4. The highest BCUT2D eigenvalue weighted by Gasteiger charge is 2.14. The average Bonchev–Trinajstić information content (AvgIpc) is 2.42. The van der Waals surface area contributed by atoms with E-state index in [1.165, 1.54) is 0 Å². The molecule has 0 aliphatic carbocycles. The van der Waals surface area contributed by atoms with Crippen molar-refractivity contribution in [3.63, 3.8) is 0 Å². The van der Waals surface area contributed by atoms with Crippen LogP contribution in [-0.4, -0.2) is 11.0 Å². The molecule has 2 rings (SSSR count). The molecule has 0 aromatic heterocycles. The first-order valence-corrected chi connectivity index (χ1v) is 6.29. The fourth-order valence-corrected chi connectivity index (χ4v) is 1.90. The Labute approximate surface area is 112 Å². The predicted octanol–water partition coefficient (Wildman–Crippen LogP) is 3.21. The van der Waals surface area contributed by atoms with E-state index >= 15 is 0 Å². The van der Waals surface area contributed by atoms with Crippen LogP contribution in [0.25, 0.3) is 0 Å². The fourth-order valence-electron chi connectivity index (χ4n) is 1.90. The fraction of sp³-hybridized carbons (Fsp3) is 0.188. The molecule has 0 spiro atoms. The standard InChI is InChI=1S/C16H17NO2/c1-12(11-13-7-3-2-4-8-13)16(19)17-14-9-5-6-10-15(14)18/h2-10,12,18H,11H2,1H3,(H,17,19)/t12-/m0/s1. The van der Waals surface area contributed by atoms with Crippen LogP contribution < -0.4 is 5.32 Å². The first-order valence-electron chi connectivity index (χ1n) is 6.29. The Bertz CT molecular complexity index is 552. The van der Waals surface area contributed by atoms with Gasteiger partial charge in [0.1, 0.15) is 5.75 Å². The summed E-state index contributed by atoms with van der Waals surface area (Å²) in [5.41, 5.74) is 1.58. The molecule has 3 heteroatoms. The summed E-state index contributed by atoms with van der Waals surface area (Å²) in [6, 6.07) is 16.6. The number of hydrogen-bond donors (Lipinski definition) is 2. The Balaban J connectivity index is 1.99. The molecule has 0 bridgehead atoms. The van der Waals surface area contributed by atoms with Crippen LogP contribution in [-0.2, 0) is 11.2 Å². The van der Waals surface area contributed by atoms with Crippen LogP contribution in [0.15, 0.2) is 54.6 Å². The van der Waals surface area contributed by atoms with Gasteiger partial charge in [-0.05, 0) is 24.1 Å². The number of benzene rings is 2. The first kappa shape index (κ1) is 13.1. The summed E-state index contributed by atoms with van der Waals surface area (Å²) in [5, 5.41) is 12.4. The van der Waals surface area contributed by atoms with Crippen LogP contribution in [0.3, 0.4) is 0 Å². The quantitative estimate of drug-likeness (QED) is 0.824. The Morgan fingerprint density at radius 3 is 2.42 bits per heavy atom. The molecule has 0 saturated carbocycles. The van der Waals surface area contributed by atoms with Gasteiger partial charge in [0.25, 0.3) is 0 Å². The van der Waals surface area contributed by atoms with Gasteiger partial charge in [-0.3, -0.25) is 4.79 Å². The Morgan fingerprint density at radius 1 is 1.11 bits per heavy atom. The van der Waals surface area contributed by atoms with Crippen LogP contribution in [0.4, 0.5) is 5.69 Å². The predicted molar refractivity (Wildman–Crippen MR) is 76.0 cm³/mol. The number of aromatic hydroxyl groups is 1. The highest BCUT2D eigenvalue weighted by atomic mass is 16.3. The number of carbonyl (C=O) groups is 1. The van der Waals surface area contributed by atoms with Crippen molar-refractivity contribution in [2.24, 2.45) is 5.92 Å². The first-order chi connectivity index (χ1) is 9.16. The SMILES string of the molecule is C[C@@H](Cc1ccccc1)C(=O)Nc1ccccc1O. The third-order valence-corrected chi connectivity index (χ3v) is 2.99. The van der Waals surface area contributed by atoms with Gasteiger partial charge in [-0.1, -0.05) is 49.4 Å².